The van der Waals surface area contributed by atoms with Crippen LogP contribution in [0.1, 0.15) is 10.4 Å². The summed E-state index contributed by atoms with van der Waals surface area (Å²) in [6, 6.07) is 7.28. The van der Waals surface area contributed by atoms with Crippen molar-refractivity contribution in [2.75, 3.05) is 31.1 Å². The largest absolute Gasteiger partial charge is 0.373 e. The molecule has 1 aromatic carbocycles. The van der Waals surface area contributed by atoms with Gasteiger partial charge in [0.1, 0.15) is 0 Å². The second-order valence-corrected chi connectivity index (χ2v) is 4.09. The Morgan fingerprint density at radius 3 is 2.71 bits per heavy atom. The molecule has 0 bridgehead atoms. The van der Waals surface area contributed by atoms with Crippen LogP contribution in [0, 0.1) is 0 Å². The third kappa shape index (κ3) is 2.75. The van der Waals surface area contributed by atoms with E-state index in [4.69, 9.17) is 16.2 Å². The predicted octanol–water partition coefficient (Wildman–Crippen LogP) is -0.0506. The molecule has 0 radical (unpaired) electrons. The van der Waals surface area contributed by atoms with E-state index in [2.05, 4.69) is 4.90 Å². The molecule has 1 unspecified atom stereocenters. The molecule has 0 saturated carbocycles. The SMILES string of the molecule is NCC1CN(c2ccc(C(N)=O)cc2)CCO1. The monoisotopic (exact) mass is 235 g/mol. The first-order chi connectivity index (χ1) is 8.20. The van der Waals surface area contributed by atoms with E-state index in [1.807, 2.05) is 12.1 Å². The van der Waals surface area contributed by atoms with Gasteiger partial charge in [0.2, 0.25) is 5.91 Å². The van der Waals surface area contributed by atoms with Crippen molar-refractivity contribution in [2.24, 2.45) is 11.5 Å². The van der Waals surface area contributed by atoms with Crippen LogP contribution in [0.4, 0.5) is 5.69 Å². The molecule has 1 aromatic rings. The van der Waals surface area contributed by atoms with Gasteiger partial charge in [-0.25, -0.2) is 0 Å². The molecule has 1 heterocycles. The van der Waals surface area contributed by atoms with Gasteiger partial charge in [-0.1, -0.05) is 0 Å². The van der Waals surface area contributed by atoms with Crippen molar-refractivity contribution >= 4 is 11.6 Å². The summed E-state index contributed by atoms with van der Waals surface area (Å²) in [7, 11) is 0. The molecular formula is C12H17N3O2. The van der Waals surface area contributed by atoms with Gasteiger partial charge in [-0.2, -0.15) is 0 Å². The quantitative estimate of drug-likeness (QED) is 0.769. The summed E-state index contributed by atoms with van der Waals surface area (Å²) in [5.74, 6) is -0.404. The molecule has 2 rings (SSSR count). The Hall–Kier alpha value is -1.59. The van der Waals surface area contributed by atoms with Gasteiger partial charge in [0, 0.05) is 30.9 Å². The smallest absolute Gasteiger partial charge is 0.248 e. The summed E-state index contributed by atoms with van der Waals surface area (Å²) < 4.78 is 5.50. The molecule has 1 saturated heterocycles. The third-order valence-electron chi connectivity index (χ3n) is 2.92. The average molecular weight is 235 g/mol. The number of carbonyl (C=O) groups excluding carboxylic acids is 1. The summed E-state index contributed by atoms with van der Waals surface area (Å²) in [4.78, 5) is 13.2. The highest BCUT2D eigenvalue weighted by molar-refractivity contribution is 5.93. The zero-order valence-corrected chi connectivity index (χ0v) is 9.63. The molecule has 0 spiro atoms. The van der Waals surface area contributed by atoms with Crippen molar-refractivity contribution in [1.82, 2.24) is 0 Å². The van der Waals surface area contributed by atoms with E-state index in [1.165, 1.54) is 0 Å². The number of primary amides is 1. The zero-order valence-electron chi connectivity index (χ0n) is 9.63. The molecule has 1 aliphatic heterocycles. The second-order valence-electron chi connectivity index (χ2n) is 4.09. The number of nitrogens with two attached hydrogens (primary N) is 2. The lowest BCUT2D eigenvalue weighted by molar-refractivity contribution is 0.0465. The third-order valence-corrected chi connectivity index (χ3v) is 2.92. The number of benzene rings is 1. The Labute approximate surface area is 100 Å². The van der Waals surface area contributed by atoms with Gasteiger partial charge in [-0.05, 0) is 24.3 Å². The maximum atomic E-state index is 11.0. The highest BCUT2D eigenvalue weighted by atomic mass is 16.5. The van der Waals surface area contributed by atoms with Crippen molar-refractivity contribution in [1.29, 1.82) is 0 Å². The second kappa shape index (κ2) is 5.16. The molecule has 92 valence electrons. The van der Waals surface area contributed by atoms with Gasteiger partial charge >= 0.3 is 0 Å². The zero-order chi connectivity index (χ0) is 12.3. The fourth-order valence-corrected chi connectivity index (χ4v) is 1.93. The van der Waals surface area contributed by atoms with Gasteiger partial charge in [0.05, 0.1) is 12.7 Å². The van der Waals surface area contributed by atoms with E-state index in [-0.39, 0.29) is 6.10 Å². The highest BCUT2D eigenvalue weighted by Crippen LogP contribution is 2.18. The maximum Gasteiger partial charge on any atom is 0.248 e. The first kappa shape index (κ1) is 11.9. The minimum Gasteiger partial charge on any atom is -0.373 e. The molecule has 5 heteroatoms. The van der Waals surface area contributed by atoms with E-state index < -0.39 is 5.91 Å². The van der Waals surface area contributed by atoms with E-state index in [1.54, 1.807) is 12.1 Å². The first-order valence-corrected chi connectivity index (χ1v) is 5.67. The van der Waals surface area contributed by atoms with Crippen molar-refractivity contribution in [3.63, 3.8) is 0 Å². The van der Waals surface area contributed by atoms with Crippen molar-refractivity contribution in [3.8, 4) is 0 Å². The Morgan fingerprint density at radius 1 is 1.41 bits per heavy atom. The Balaban J connectivity index is 2.08. The van der Waals surface area contributed by atoms with E-state index in [0.717, 1.165) is 18.8 Å². The summed E-state index contributed by atoms with van der Waals surface area (Å²) >= 11 is 0. The molecule has 17 heavy (non-hydrogen) atoms. The number of morpholine rings is 1. The van der Waals surface area contributed by atoms with Crippen molar-refractivity contribution in [2.45, 2.75) is 6.10 Å². The van der Waals surface area contributed by atoms with Crippen LogP contribution in [0.15, 0.2) is 24.3 Å². The van der Waals surface area contributed by atoms with Gasteiger partial charge in [0.25, 0.3) is 0 Å². The summed E-state index contributed by atoms with van der Waals surface area (Å²) in [5.41, 5.74) is 12.4. The molecule has 0 aliphatic carbocycles. The highest BCUT2D eigenvalue weighted by Gasteiger charge is 2.19. The molecule has 1 fully saturated rings. The topological polar surface area (TPSA) is 81.6 Å². The lowest BCUT2D eigenvalue weighted by Crippen LogP contribution is -2.45. The molecule has 0 aromatic heterocycles. The van der Waals surface area contributed by atoms with Crippen LogP contribution >= 0.6 is 0 Å². The number of rotatable bonds is 3. The number of hydrogen-bond donors (Lipinski definition) is 2. The first-order valence-electron chi connectivity index (χ1n) is 5.67. The fraction of sp³-hybridized carbons (Fsp3) is 0.417. The van der Waals surface area contributed by atoms with Gasteiger partial charge < -0.3 is 21.1 Å². The van der Waals surface area contributed by atoms with E-state index in [0.29, 0.717) is 18.7 Å². The molecule has 5 nitrogen and oxygen atoms in total. The van der Waals surface area contributed by atoms with Gasteiger partial charge in [-0.15, -0.1) is 0 Å². The molecule has 1 atom stereocenters. The number of nitrogens with zero attached hydrogens (tertiary/aromatic N) is 1. The van der Waals surface area contributed by atoms with Crippen LogP contribution in [0.5, 0.6) is 0 Å². The standard InChI is InChI=1S/C12H17N3O2/c13-7-11-8-15(5-6-17-11)10-3-1-9(2-4-10)12(14)16/h1-4,11H,5-8,13H2,(H2,14,16). The molecule has 1 amide bonds. The fourth-order valence-electron chi connectivity index (χ4n) is 1.93. The average Bonchev–Trinajstić information content (AvgIpc) is 2.39. The Bertz CT molecular complexity index is 391. The van der Waals surface area contributed by atoms with Crippen LogP contribution in [0.2, 0.25) is 0 Å². The van der Waals surface area contributed by atoms with Crippen LogP contribution < -0.4 is 16.4 Å². The summed E-state index contributed by atoms with van der Waals surface area (Å²) in [6.07, 6.45) is 0.0829. The summed E-state index contributed by atoms with van der Waals surface area (Å²) in [6.45, 7) is 2.83. The van der Waals surface area contributed by atoms with Crippen LogP contribution in [-0.4, -0.2) is 38.3 Å². The minimum atomic E-state index is -0.404. The van der Waals surface area contributed by atoms with Crippen molar-refractivity contribution in [3.05, 3.63) is 29.8 Å². The number of amides is 1. The number of ether oxygens (including phenoxy) is 1. The number of hydrogen-bond acceptors (Lipinski definition) is 4. The number of anilines is 1. The normalized spacial score (nSPS) is 20.3. The van der Waals surface area contributed by atoms with Gasteiger partial charge in [-0.3, -0.25) is 4.79 Å². The Morgan fingerprint density at radius 2 is 2.12 bits per heavy atom. The lowest BCUT2D eigenvalue weighted by Gasteiger charge is -2.34. The summed E-state index contributed by atoms with van der Waals surface area (Å²) in [5, 5.41) is 0. The predicted molar refractivity (Wildman–Crippen MR) is 66.0 cm³/mol. The lowest BCUT2D eigenvalue weighted by atomic mass is 10.1. The maximum absolute atomic E-state index is 11.0. The van der Waals surface area contributed by atoms with Crippen LogP contribution in [-0.2, 0) is 4.74 Å². The van der Waals surface area contributed by atoms with E-state index >= 15 is 0 Å². The molecule has 4 N–H and O–H groups in total. The van der Waals surface area contributed by atoms with Gasteiger partial charge in [0.15, 0.2) is 0 Å². The Kier molecular flexibility index (Phi) is 3.61. The minimum absolute atomic E-state index is 0.0829. The number of carbonyl (C=O) groups is 1. The van der Waals surface area contributed by atoms with Crippen molar-refractivity contribution < 1.29 is 9.53 Å². The van der Waals surface area contributed by atoms with Crippen LogP contribution in [0.25, 0.3) is 0 Å². The van der Waals surface area contributed by atoms with E-state index in [9.17, 15) is 4.79 Å². The van der Waals surface area contributed by atoms with Crippen LogP contribution in [0.3, 0.4) is 0 Å². The molecular weight excluding hydrogens is 218 g/mol. The molecule has 1 aliphatic rings.